The maximum Gasteiger partial charge on any atom is 0.251 e. The zero-order valence-corrected chi connectivity index (χ0v) is 15.1. The van der Waals surface area contributed by atoms with Gasteiger partial charge in [0.25, 0.3) is 5.91 Å². The van der Waals surface area contributed by atoms with Crippen molar-refractivity contribution in [1.82, 2.24) is 5.32 Å². The molecule has 0 aromatic heterocycles. The third-order valence-corrected chi connectivity index (χ3v) is 3.95. The van der Waals surface area contributed by atoms with Gasteiger partial charge in [0.2, 0.25) is 5.91 Å². The van der Waals surface area contributed by atoms with E-state index in [1.165, 1.54) is 0 Å². The number of aryl methyl sites for hydroxylation is 1. The number of rotatable bonds is 6. The lowest BCUT2D eigenvalue weighted by molar-refractivity contribution is -0.115. The van der Waals surface area contributed by atoms with Crippen LogP contribution < -0.4 is 15.4 Å². The first-order valence-corrected chi connectivity index (χ1v) is 8.24. The zero-order valence-electron chi connectivity index (χ0n) is 15.1. The van der Waals surface area contributed by atoms with E-state index in [2.05, 4.69) is 24.5 Å². The first-order chi connectivity index (χ1) is 11.9. The predicted octanol–water partition coefficient (Wildman–Crippen LogP) is 3.50. The Morgan fingerprint density at radius 3 is 2.36 bits per heavy atom. The van der Waals surface area contributed by atoms with E-state index in [0.717, 1.165) is 16.8 Å². The lowest BCUT2D eigenvalue weighted by atomic mass is 9.98. The van der Waals surface area contributed by atoms with Crippen LogP contribution in [0.3, 0.4) is 0 Å². The standard InChI is InChI=1S/C20H24N2O3/c1-13(2)17-7-5-6-14(3)19(17)22-18(23)12-21-20(24)15-8-10-16(25-4)11-9-15/h5-11,13H,12H2,1-4H3,(H,21,24)(H,22,23). The first-order valence-electron chi connectivity index (χ1n) is 8.24. The van der Waals surface area contributed by atoms with Crippen LogP contribution in [0.1, 0.15) is 41.3 Å². The molecule has 5 heteroatoms. The Balaban J connectivity index is 1.98. The fourth-order valence-corrected chi connectivity index (χ4v) is 2.53. The van der Waals surface area contributed by atoms with Crippen molar-refractivity contribution in [2.45, 2.75) is 26.7 Å². The molecule has 0 radical (unpaired) electrons. The lowest BCUT2D eigenvalue weighted by Gasteiger charge is -2.16. The molecule has 2 N–H and O–H groups in total. The minimum atomic E-state index is -0.299. The van der Waals surface area contributed by atoms with Gasteiger partial charge in [-0.05, 0) is 48.2 Å². The molecule has 0 unspecified atom stereocenters. The molecule has 25 heavy (non-hydrogen) atoms. The Bertz CT molecular complexity index is 752. The van der Waals surface area contributed by atoms with Crippen molar-refractivity contribution in [3.8, 4) is 5.75 Å². The van der Waals surface area contributed by atoms with E-state index < -0.39 is 0 Å². The molecule has 132 valence electrons. The molecule has 0 heterocycles. The number of nitrogens with one attached hydrogen (secondary N) is 2. The lowest BCUT2D eigenvalue weighted by Crippen LogP contribution is -2.33. The Morgan fingerprint density at radius 2 is 1.76 bits per heavy atom. The fourth-order valence-electron chi connectivity index (χ4n) is 2.53. The molecule has 0 saturated carbocycles. The van der Waals surface area contributed by atoms with Gasteiger partial charge in [0.1, 0.15) is 5.75 Å². The van der Waals surface area contributed by atoms with Crippen molar-refractivity contribution >= 4 is 17.5 Å². The highest BCUT2D eigenvalue weighted by molar-refractivity contribution is 5.99. The summed E-state index contributed by atoms with van der Waals surface area (Å²) in [7, 11) is 1.57. The van der Waals surface area contributed by atoms with E-state index in [9.17, 15) is 9.59 Å². The number of carbonyl (C=O) groups is 2. The van der Waals surface area contributed by atoms with Crippen LogP contribution in [0, 0.1) is 6.92 Å². The minimum absolute atomic E-state index is 0.0866. The summed E-state index contributed by atoms with van der Waals surface area (Å²) < 4.78 is 5.06. The van der Waals surface area contributed by atoms with E-state index >= 15 is 0 Å². The van der Waals surface area contributed by atoms with Gasteiger partial charge in [-0.2, -0.15) is 0 Å². The van der Waals surface area contributed by atoms with Gasteiger partial charge in [0.15, 0.2) is 0 Å². The Morgan fingerprint density at radius 1 is 1.08 bits per heavy atom. The van der Waals surface area contributed by atoms with Crippen molar-refractivity contribution in [2.75, 3.05) is 19.0 Å². The van der Waals surface area contributed by atoms with Gasteiger partial charge >= 0.3 is 0 Å². The number of hydrogen-bond donors (Lipinski definition) is 2. The molecular formula is C20H24N2O3. The minimum Gasteiger partial charge on any atom is -0.497 e. The molecule has 0 aliphatic heterocycles. The van der Waals surface area contributed by atoms with E-state index in [1.54, 1.807) is 31.4 Å². The molecule has 2 amide bonds. The quantitative estimate of drug-likeness (QED) is 0.846. The second-order valence-corrected chi connectivity index (χ2v) is 6.15. The molecular weight excluding hydrogens is 316 g/mol. The number of ether oxygens (including phenoxy) is 1. The van der Waals surface area contributed by atoms with Crippen molar-refractivity contribution < 1.29 is 14.3 Å². The molecule has 2 aromatic rings. The molecule has 2 rings (SSSR count). The largest absolute Gasteiger partial charge is 0.497 e. The average Bonchev–Trinajstić information content (AvgIpc) is 2.61. The number of para-hydroxylation sites is 1. The maximum absolute atomic E-state index is 12.2. The summed E-state index contributed by atoms with van der Waals surface area (Å²) in [5.41, 5.74) is 3.38. The first kappa shape index (κ1) is 18.5. The molecule has 0 bridgehead atoms. The molecule has 2 aromatic carbocycles. The van der Waals surface area contributed by atoms with Gasteiger partial charge in [0.05, 0.1) is 13.7 Å². The summed E-state index contributed by atoms with van der Waals surface area (Å²) in [5, 5.41) is 5.54. The number of methoxy groups -OCH3 is 1. The Kier molecular flexibility index (Phi) is 6.17. The van der Waals surface area contributed by atoms with Crippen LogP contribution in [0.4, 0.5) is 5.69 Å². The number of carbonyl (C=O) groups excluding carboxylic acids is 2. The smallest absolute Gasteiger partial charge is 0.251 e. The third kappa shape index (κ3) is 4.83. The number of amides is 2. The van der Waals surface area contributed by atoms with Gasteiger partial charge in [-0.3, -0.25) is 9.59 Å². The van der Waals surface area contributed by atoms with Gasteiger partial charge < -0.3 is 15.4 Å². The van der Waals surface area contributed by atoms with Crippen LogP contribution in [-0.2, 0) is 4.79 Å². The molecule has 0 spiro atoms. The van der Waals surface area contributed by atoms with Crippen LogP contribution >= 0.6 is 0 Å². The zero-order chi connectivity index (χ0) is 18.4. The summed E-state index contributed by atoms with van der Waals surface area (Å²) in [5.74, 6) is 0.420. The summed E-state index contributed by atoms with van der Waals surface area (Å²) in [6.45, 7) is 6.03. The molecule has 0 atom stereocenters. The Hall–Kier alpha value is -2.82. The van der Waals surface area contributed by atoms with Crippen LogP contribution in [0.25, 0.3) is 0 Å². The highest BCUT2D eigenvalue weighted by Gasteiger charge is 2.13. The normalized spacial score (nSPS) is 10.4. The maximum atomic E-state index is 12.2. The summed E-state index contributed by atoms with van der Waals surface area (Å²) >= 11 is 0. The second kappa shape index (κ2) is 8.33. The molecule has 0 aliphatic carbocycles. The van der Waals surface area contributed by atoms with Gasteiger partial charge in [-0.1, -0.05) is 32.0 Å². The Labute approximate surface area is 148 Å². The third-order valence-electron chi connectivity index (χ3n) is 3.95. The van der Waals surface area contributed by atoms with Crippen molar-refractivity contribution in [3.63, 3.8) is 0 Å². The van der Waals surface area contributed by atoms with Crippen molar-refractivity contribution in [2.24, 2.45) is 0 Å². The summed E-state index contributed by atoms with van der Waals surface area (Å²) in [6.07, 6.45) is 0. The molecule has 5 nitrogen and oxygen atoms in total. The van der Waals surface area contributed by atoms with Gasteiger partial charge in [0, 0.05) is 11.3 Å². The predicted molar refractivity (Wildman–Crippen MR) is 99.2 cm³/mol. The van der Waals surface area contributed by atoms with Crippen LogP contribution in [-0.4, -0.2) is 25.5 Å². The highest BCUT2D eigenvalue weighted by Crippen LogP contribution is 2.27. The fraction of sp³-hybridized carbons (Fsp3) is 0.300. The van der Waals surface area contributed by atoms with E-state index in [0.29, 0.717) is 17.2 Å². The van der Waals surface area contributed by atoms with Crippen LogP contribution in [0.15, 0.2) is 42.5 Å². The second-order valence-electron chi connectivity index (χ2n) is 6.15. The topological polar surface area (TPSA) is 67.4 Å². The van der Waals surface area contributed by atoms with Crippen LogP contribution in [0.5, 0.6) is 5.75 Å². The number of anilines is 1. The number of hydrogen-bond acceptors (Lipinski definition) is 3. The highest BCUT2D eigenvalue weighted by atomic mass is 16.5. The van der Waals surface area contributed by atoms with Crippen LogP contribution in [0.2, 0.25) is 0 Å². The van der Waals surface area contributed by atoms with Crippen molar-refractivity contribution in [1.29, 1.82) is 0 Å². The van der Waals surface area contributed by atoms with Gasteiger partial charge in [-0.15, -0.1) is 0 Å². The monoisotopic (exact) mass is 340 g/mol. The summed E-state index contributed by atoms with van der Waals surface area (Å²) in [4.78, 5) is 24.3. The van der Waals surface area contributed by atoms with E-state index in [4.69, 9.17) is 4.74 Å². The molecule has 0 saturated heterocycles. The molecule has 0 aliphatic rings. The average molecular weight is 340 g/mol. The molecule has 0 fully saturated rings. The van der Waals surface area contributed by atoms with E-state index in [-0.39, 0.29) is 18.4 Å². The van der Waals surface area contributed by atoms with Crippen molar-refractivity contribution in [3.05, 3.63) is 59.2 Å². The van der Waals surface area contributed by atoms with Gasteiger partial charge in [-0.25, -0.2) is 0 Å². The SMILES string of the molecule is COc1ccc(C(=O)NCC(=O)Nc2c(C)cccc2C(C)C)cc1. The van der Waals surface area contributed by atoms with E-state index in [1.807, 2.05) is 25.1 Å². The summed E-state index contributed by atoms with van der Waals surface area (Å²) in [6, 6.07) is 12.7. The number of benzene rings is 2.